The molecule has 0 spiro atoms. The molecule has 7 heteroatoms. The number of nitrogens with one attached hydrogen (secondary N) is 2. The molecule has 1 aromatic rings. The van der Waals surface area contributed by atoms with Gasteiger partial charge in [-0.3, -0.25) is 9.79 Å². The van der Waals surface area contributed by atoms with Gasteiger partial charge in [0.25, 0.3) is 0 Å². The third-order valence-corrected chi connectivity index (χ3v) is 4.00. The molecule has 0 saturated carbocycles. The van der Waals surface area contributed by atoms with Crippen LogP contribution in [0.5, 0.6) is 0 Å². The molecule has 1 aliphatic heterocycles. The maximum Gasteiger partial charge on any atom is 0.222 e. The van der Waals surface area contributed by atoms with Gasteiger partial charge in [-0.25, -0.2) is 4.98 Å². The van der Waals surface area contributed by atoms with E-state index in [4.69, 9.17) is 0 Å². The first-order valence-electron chi connectivity index (χ1n) is 8.51. The fourth-order valence-corrected chi connectivity index (χ4v) is 2.58. The summed E-state index contributed by atoms with van der Waals surface area (Å²) in [6, 6.07) is 5.99. The fraction of sp³-hybridized carbons (Fsp3) is 0.588. The molecule has 2 N–H and O–H groups in total. The zero-order valence-electron chi connectivity index (χ0n) is 14.8. The van der Waals surface area contributed by atoms with Crippen LogP contribution in [0.15, 0.2) is 29.4 Å². The minimum atomic E-state index is 0.0176. The molecule has 132 valence electrons. The van der Waals surface area contributed by atoms with Crippen molar-refractivity contribution in [2.24, 2.45) is 10.9 Å². The van der Waals surface area contributed by atoms with Crippen molar-refractivity contribution in [3.05, 3.63) is 24.4 Å². The van der Waals surface area contributed by atoms with Crippen molar-refractivity contribution in [1.29, 1.82) is 0 Å². The van der Waals surface area contributed by atoms with Crippen LogP contribution < -0.4 is 15.5 Å². The summed E-state index contributed by atoms with van der Waals surface area (Å²) in [6.07, 6.45) is 1.83. The van der Waals surface area contributed by atoms with Gasteiger partial charge in [-0.1, -0.05) is 19.9 Å². The molecular weight excluding hydrogens is 304 g/mol. The maximum atomic E-state index is 11.5. The van der Waals surface area contributed by atoms with Crippen molar-refractivity contribution in [2.45, 2.75) is 13.8 Å². The molecular formula is C17H28N6O. The molecule has 1 saturated heterocycles. The van der Waals surface area contributed by atoms with Gasteiger partial charge in [0.1, 0.15) is 5.82 Å². The highest BCUT2D eigenvalue weighted by molar-refractivity contribution is 5.80. The molecule has 0 bridgehead atoms. The summed E-state index contributed by atoms with van der Waals surface area (Å²) in [5.74, 6) is 2.01. The summed E-state index contributed by atoms with van der Waals surface area (Å²) in [7, 11) is 1.79. The van der Waals surface area contributed by atoms with Crippen LogP contribution in [0.1, 0.15) is 13.8 Å². The molecule has 1 aliphatic rings. The van der Waals surface area contributed by atoms with E-state index in [1.807, 2.05) is 38.2 Å². The average Bonchev–Trinajstić information content (AvgIpc) is 2.62. The Kier molecular flexibility index (Phi) is 6.84. The first-order chi connectivity index (χ1) is 11.6. The van der Waals surface area contributed by atoms with E-state index in [2.05, 4.69) is 30.4 Å². The Morgan fingerprint density at radius 1 is 1.21 bits per heavy atom. The summed E-state index contributed by atoms with van der Waals surface area (Å²) in [5.41, 5.74) is 0. The number of anilines is 1. The van der Waals surface area contributed by atoms with E-state index in [1.165, 1.54) is 0 Å². The molecule has 2 rings (SSSR count). The van der Waals surface area contributed by atoms with Gasteiger partial charge in [-0.2, -0.15) is 0 Å². The van der Waals surface area contributed by atoms with Crippen LogP contribution >= 0.6 is 0 Å². The summed E-state index contributed by atoms with van der Waals surface area (Å²) in [6.45, 7) is 8.69. The van der Waals surface area contributed by atoms with Crippen LogP contribution in [0.3, 0.4) is 0 Å². The van der Waals surface area contributed by atoms with E-state index >= 15 is 0 Å². The average molecular weight is 332 g/mol. The van der Waals surface area contributed by atoms with Crippen molar-refractivity contribution in [2.75, 3.05) is 51.2 Å². The molecule has 0 atom stereocenters. The number of piperazine rings is 1. The van der Waals surface area contributed by atoms with Gasteiger partial charge in [-0.05, 0) is 12.1 Å². The van der Waals surface area contributed by atoms with Gasteiger partial charge in [0.2, 0.25) is 5.91 Å². The predicted molar refractivity (Wildman–Crippen MR) is 97.2 cm³/mol. The number of carbonyl (C=O) groups excluding carboxylic acids is 1. The van der Waals surface area contributed by atoms with Gasteiger partial charge < -0.3 is 20.4 Å². The number of hydrogen-bond donors (Lipinski definition) is 2. The number of guanidine groups is 1. The number of amides is 1. The molecule has 24 heavy (non-hydrogen) atoms. The van der Waals surface area contributed by atoms with E-state index in [0.29, 0.717) is 13.1 Å². The van der Waals surface area contributed by atoms with Gasteiger partial charge >= 0.3 is 0 Å². The second kappa shape index (κ2) is 9.10. The van der Waals surface area contributed by atoms with E-state index in [-0.39, 0.29) is 11.8 Å². The Bertz CT molecular complexity index is 537. The third kappa shape index (κ3) is 5.11. The highest BCUT2D eigenvalue weighted by atomic mass is 16.1. The van der Waals surface area contributed by atoms with E-state index < -0.39 is 0 Å². The maximum absolute atomic E-state index is 11.5. The Balaban J connectivity index is 1.74. The molecule has 0 radical (unpaired) electrons. The number of pyridine rings is 1. The summed E-state index contributed by atoms with van der Waals surface area (Å²) >= 11 is 0. The minimum Gasteiger partial charge on any atom is -0.354 e. The van der Waals surface area contributed by atoms with Crippen molar-refractivity contribution in [3.8, 4) is 0 Å². The van der Waals surface area contributed by atoms with Gasteiger partial charge in [0.05, 0.1) is 0 Å². The van der Waals surface area contributed by atoms with Crippen LogP contribution in [0.4, 0.5) is 5.82 Å². The fourth-order valence-electron chi connectivity index (χ4n) is 2.58. The zero-order chi connectivity index (χ0) is 17.4. The molecule has 1 fully saturated rings. The molecule has 0 aromatic carbocycles. The summed E-state index contributed by atoms with van der Waals surface area (Å²) in [5, 5.41) is 6.22. The lowest BCUT2D eigenvalue weighted by atomic mass is 10.2. The van der Waals surface area contributed by atoms with Gasteiger partial charge in [0, 0.05) is 58.4 Å². The lowest BCUT2D eigenvalue weighted by Gasteiger charge is -2.37. The van der Waals surface area contributed by atoms with E-state index in [1.54, 1.807) is 7.05 Å². The number of aromatic nitrogens is 1. The lowest BCUT2D eigenvalue weighted by molar-refractivity contribution is -0.123. The van der Waals surface area contributed by atoms with Crippen LogP contribution in [0.25, 0.3) is 0 Å². The SMILES string of the molecule is CN=C(NCCNC(=O)C(C)C)N1CCN(c2ccccn2)CC1. The van der Waals surface area contributed by atoms with Crippen molar-refractivity contribution in [3.63, 3.8) is 0 Å². The first-order valence-corrected chi connectivity index (χ1v) is 8.51. The Morgan fingerprint density at radius 3 is 2.50 bits per heavy atom. The van der Waals surface area contributed by atoms with Gasteiger partial charge in [-0.15, -0.1) is 0 Å². The summed E-state index contributed by atoms with van der Waals surface area (Å²) in [4.78, 5) is 24.8. The normalized spacial score (nSPS) is 15.6. The number of carbonyl (C=O) groups is 1. The van der Waals surface area contributed by atoms with Crippen molar-refractivity contribution < 1.29 is 4.79 Å². The lowest BCUT2D eigenvalue weighted by Crippen LogP contribution is -2.53. The molecule has 7 nitrogen and oxygen atoms in total. The third-order valence-electron chi connectivity index (χ3n) is 4.00. The second-order valence-electron chi connectivity index (χ2n) is 6.08. The topological polar surface area (TPSA) is 72.9 Å². The minimum absolute atomic E-state index is 0.0176. The Labute approximate surface area is 144 Å². The smallest absolute Gasteiger partial charge is 0.222 e. The molecule has 0 unspecified atom stereocenters. The van der Waals surface area contributed by atoms with Crippen LogP contribution in [0.2, 0.25) is 0 Å². The quantitative estimate of drug-likeness (QED) is 0.468. The van der Waals surface area contributed by atoms with Crippen LogP contribution in [-0.2, 0) is 4.79 Å². The number of rotatable bonds is 5. The highest BCUT2D eigenvalue weighted by Gasteiger charge is 2.20. The Morgan fingerprint density at radius 2 is 1.92 bits per heavy atom. The highest BCUT2D eigenvalue weighted by Crippen LogP contribution is 2.12. The second-order valence-corrected chi connectivity index (χ2v) is 6.08. The largest absolute Gasteiger partial charge is 0.354 e. The monoisotopic (exact) mass is 332 g/mol. The zero-order valence-corrected chi connectivity index (χ0v) is 14.8. The predicted octanol–water partition coefficient (Wildman–Crippen LogP) is 0.551. The molecule has 1 aromatic heterocycles. The van der Waals surface area contributed by atoms with E-state index in [9.17, 15) is 4.79 Å². The summed E-state index contributed by atoms with van der Waals surface area (Å²) < 4.78 is 0. The van der Waals surface area contributed by atoms with Gasteiger partial charge in [0.15, 0.2) is 5.96 Å². The molecule has 0 aliphatic carbocycles. The molecule has 1 amide bonds. The number of hydrogen-bond acceptors (Lipinski definition) is 4. The van der Waals surface area contributed by atoms with Crippen molar-refractivity contribution >= 4 is 17.7 Å². The number of nitrogens with zero attached hydrogens (tertiary/aromatic N) is 4. The van der Waals surface area contributed by atoms with Crippen LogP contribution in [0, 0.1) is 5.92 Å². The molecule has 2 heterocycles. The standard InChI is InChI=1S/C17H28N6O/c1-14(2)16(24)20-8-9-21-17(18-3)23-12-10-22(11-13-23)15-6-4-5-7-19-15/h4-7,14H,8-13H2,1-3H3,(H,18,21)(H,20,24). The van der Waals surface area contributed by atoms with Crippen molar-refractivity contribution in [1.82, 2.24) is 20.5 Å². The van der Waals surface area contributed by atoms with Crippen LogP contribution in [-0.4, -0.2) is 68.1 Å². The number of aliphatic imine (C=N–C) groups is 1. The Hall–Kier alpha value is -2.31. The first kappa shape index (κ1) is 18.0. The van der Waals surface area contributed by atoms with E-state index in [0.717, 1.165) is 38.0 Å².